The summed E-state index contributed by atoms with van der Waals surface area (Å²) in [6.45, 7) is 2.69. The maximum absolute atomic E-state index is 12.3. The maximum atomic E-state index is 12.3. The first kappa shape index (κ1) is 13.8. The van der Waals surface area contributed by atoms with Crippen LogP contribution in [0.1, 0.15) is 29.2 Å². The van der Waals surface area contributed by atoms with Crippen LogP contribution in [0.2, 0.25) is 0 Å². The molecule has 0 bridgehead atoms. The lowest BCUT2D eigenvalue weighted by molar-refractivity contribution is -0.129. The molecule has 2 N–H and O–H groups in total. The average molecular weight is 280 g/mol. The van der Waals surface area contributed by atoms with Gasteiger partial charge in [-0.05, 0) is 18.1 Å². The van der Waals surface area contributed by atoms with Gasteiger partial charge in [0.15, 0.2) is 0 Å². The number of carbonyl (C=O) groups is 1. The van der Waals surface area contributed by atoms with Crippen LogP contribution in [-0.4, -0.2) is 23.4 Å². The van der Waals surface area contributed by atoms with Gasteiger partial charge in [0, 0.05) is 19.0 Å². The monoisotopic (exact) mass is 280 g/mol. The molecule has 2 atom stereocenters. The number of nitrogens with zero attached hydrogens (tertiary/aromatic N) is 1. The van der Waals surface area contributed by atoms with E-state index >= 15 is 0 Å². The van der Waals surface area contributed by atoms with Crippen LogP contribution >= 0.6 is 0 Å². The second kappa shape index (κ2) is 5.70. The molecule has 3 heteroatoms. The number of likely N-dealkylation sites (tertiary alicyclic amines) is 1. The van der Waals surface area contributed by atoms with Crippen molar-refractivity contribution in [1.82, 2.24) is 4.90 Å². The summed E-state index contributed by atoms with van der Waals surface area (Å²) >= 11 is 0. The van der Waals surface area contributed by atoms with E-state index in [1.807, 2.05) is 23.1 Å². The van der Waals surface area contributed by atoms with Gasteiger partial charge in [-0.3, -0.25) is 4.79 Å². The van der Waals surface area contributed by atoms with Crippen LogP contribution in [-0.2, 0) is 4.79 Å². The van der Waals surface area contributed by atoms with Gasteiger partial charge in [-0.25, -0.2) is 0 Å². The van der Waals surface area contributed by atoms with E-state index in [1.54, 1.807) is 0 Å². The zero-order valence-electron chi connectivity index (χ0n) is 12.2. The highest BCUT2D eigenvalue weighted by molar-refractivity contribution is 5.80. The molecule has 0 saturated carbocycles. The molecule has 3 rings (SSSR count). The molecule has 2 aromatic rings. The zero-order chi connectivity index (χ0) is 14.8. The molecule has 1 heterocycles. The Balaban J connectivity index is 2.03. The molecule has 3 nitrogen and oxygen atoms in total. The molecule has 0 aromatic heterocycles. The molecule has 1 fully saturated rings. The lowest BCUT2D eigenvalue weighted by Crippen LogP contribution is -2.33. The van der Waals surface area contributed by atoms with Gasteiger partial charge in [0.05, 0.1) is 6.04 Å². The number of hydrogen-bond donors (Lipinski definition) is 1. The van der Waals surface area contributed by atoms with Crippen molar-refractivity contribution in [2.45, 2.75) is 25.4 Å². The van der Waals surface area contributed by atoms with Crippen molar-refractivity contribution in [3.05, 3.63) is 71.3 Å². The lowest BCUT2D eigenvalue weighted by Gasteiger charge is -2.29. The standard InChI is InChI=1S/C18H20N2O/c1-13-7-9-15(10-8-13)18(14-5-3-2-4-6-14)20-12-16(19)11-17(20)21/h2-10,16,18H,11-12,19H2,1H3. The van der Waals surface area contributed by atoms with Gasteiger partial charge < -0.3 is 10.6 Å². The minimum atomic E-state index is -0.0610. The Morgan fingerprint density at radius 3 is 2.24 bits per heavy atom. The largest absolute Gasteiger partial charge is 0.330 e. The van der Waals surface area contributed by atoms with Gasteiger partial charge in [0.2, 0.25) is 5.91 Å². The van der Waals surface area contributed by atoms with Crippen LogP contribution < -0.4 is 5.73 Å². The van der Waals surface area contributed by atoms with E-state index in [2.05, 4.69) is 43.3 Å². The molecule has 21 heavy (non-hydrogen) atoms. The molecule has 0 spiro atoms. The number of aryl methyl sites for hydroxylation is 1. The van der Waals surface area contributed by atoms with Crippen LogP contribution in [0, 0.1) is 6.92 Å². The average Bonchev–Trinajstić information content (AvgIpc) is 2.81. The Morgan fingerprint density at radius 1 is 1.05 bits per heavy atom. The molecule has 1 aliphatic rings. The molecule has 0 aliphatic carbocycles. The number of rotatable bonds is 3. The van der Waals surface area contributed by atoms with Gasteiger partial charge in [-0.2, -0.15) is 0 Å². The second-order valence-electron chi connectivity index (χ2n) is 5.73. The molecule has 1 saturated heterocycles. The zero-order valence-corrected chi connectivity index (χ0v) is 12.2. The summed E-state index contributed by atoms with van der Waals surface area (Å²) in [5, 5.41) is 0. The highest BCUT2D eigenvalue weighted by Gasteiger charge is 2.34. The Morgan fingerprint density at radius 2 is 1.67 bits per heavy atom. The third-order valence-corrected chi connectivity index (χ3v) is 4.01. The van der Waals surface area contributed by atoms with Crippen molar-refractivity contribution >= 4 is 5.91 Å². The van der Waals surface area contributed by atoms with E-state index in [1.165, 1.54) is 5.56 Å². The van der Waals surface area contributed by atoms with E-state index < -0.39 is 0 Å². The third-order valence-electron chi connectivity index (χ3n) is 4.01. The summed E-state index contributed by atoms with van der Waals surface area (Å²) in [5.41, 5.74) is 9.45. The Bertz CT molecular complexity index is 621. The third kappa shape index (κ3) is 2.83. The van der Waals surface area contributed by atoms with Gasteiger partial charge >= 0.3 is 0 Å². The fraction of sp³-hybridized carbons (Fsp3) is 0.278. The number of benzene rings is 2. The topological polar surface area (TPSA) is 46.3 Å². The van der Waals surface area contributed by atoms with Gasteiger partial charge in [-0.1, -0.05) is 60.2 Å². The first-order valence-corrected chi connectivity index (χ1v) is 7.31. The van der Waals surface area contributed by atoms with Crippen LogP contribution in [0.5, 0.6) is 0 Å². The summed E-state index contributed by atoms with van der Waals surface area (Å²) in [6.07, 6.45) is 0.440. The van der Waals surface area contributed by atoms with Crippen LogP contribution in [0.25, 0.3) is 0 Å². The highest BCUT2D eigenvalue weighted by atomic mass is 16.2. The predicted octanol–water partition coefficient (Wildman–Crippen LogP) is 2.64. The maximum Gasteiger partial charge on any atom is 0.225 e. The number of carbonyl (C=O) groups excluding carboxylic acids is 1. The summed E-state index contributed by atoms with van der Waals surface area (Å²) in [4.78, 5) is 14.2. The second-order valence-corrected chi connectivity index (χ2v) is 5.73. The van der Waals surface area contributed by atoms with Crippen molar-refractivity contribution in [3.63, 3.8) is 0 Å². The fourth-order valence-corrected chi connectivity index (χ4v) is 2.95. The summed E-state index contributed by atoms with van der Waals surface area (Å²) in [7, 11) is 0. The number of hydrogen-bond acceptors (Lipinski definition) is 2. The predicted molar refractivity (Wildman–Crippen MR) is 83.8 cm³/mol. The molecule has 1 amide bonds. The molecule has 1 aliphatic heterocycles. The van der Waals surface area contributed by atoms with Crippen molar-refractivity contribution in [1.29, 1.82) is 0 Å². The van der Waals surface area contributed by atoms with Crippen LogP contribution in [0.4, 0.5) is 0 Å². The Hall–Kier alpha value is -2.13. The van der Waals surface area contributed by atoms with Gasteiger partial charge in [0.25, 0.3) is 0 Å². The molecule has 0 radical (unpaired) electrons. The van der Waals surface area contributed by atoms with Crippen LogP contribution in [0.15, 0.2) is 54.6 Å². The minimum Gasteiger partial charge on any atom is -0.330 e. The quantitative estimate of drug-likeness (QED) is 0.939. The molecule has 2 aromatic carbocycles. The SMILES string of the molecule is Cc1ccc(C(c2ccccc2)N2CC(N)CC2=O)cc1. The van der Waals surface area contributed by atoms with E-state index in [4.69, 9.17) is 5.73 Å². The molecule has 108 valence electrons. The van der Waals surface area contributed by atoms with Gasteiger partial charge in [0.1, 0.15) is 0 Å². The van der Waals surface area contributed by atoms with Crippen molar-refractivity contribution in [2.75, 3.05) is 6.54 Å². The Labute approximate surface area is 125 Å². The first-order chi connectivity index (χ1) is 10.1. The molecule has 2 unspecified atom stereocenters. The van der Waals surface area contributed by atoms with Crippen molar-refractivity contribution in [3.8, 4) is 0 Å². The molecular weight excluding hydrogens is 260 g/mol. The summed E-state index contributed by atoms with van der Waals surface area (Å²) in [5.74, 6) is 0.136. The van der Waals surface area contributed by atoms with Gasteiger partial charge in [-0.15, -0.1) is 0 Å². The number of nitrogens with two attached hydrogens (primary N) is 1. The summed E-state index contributed by atoms with van der Waals surface area (Å²) in [6, 6.07) is 18.4. The number of amides is 1. The minimum absolute atomic E-state index is 0.0483. The van der Waals surface area contributed by atoms with E-state index in [0.717, 1.165) is 11.1 Å². The van der Waals surface area contributed by atoms with Crippen molar-refractivity contribution < 1.29 is 4.79 Å². The smallest absolute Gasteiger partial charge is 0.225 e. The Kier molecular flexibility index (Phi) is 3.76. The van der Waals surface area contributed by atoms with Crippen LogP contribution in [0.3, 0.4) is 0 Å². The fourth-order valence-electron chi connectivity index (χ4n) is 2.95. The normalized spacial score (nSPS) is 19.8. The van der Waals surface area contributed by atoms with Crippen molar-refractivity contribution in [2.24, 2.45) is 5.73 Å². The molecular formula is C18H20N2O. The lowest BCUT2D eigenvalue weighted by atomic mass is 9.96. The van der Waals surface area contributed by atoms with E-state index in [0.29, 0.717) is 13.0 Å². The highest BCUT2D eigenvalue weighted by Crippen LogP contribution is 2.32. The first-order valence-electron chi connectivity index (χ1n) is 7.31. The summed E-state index contributed by atoms with van der Waals surface area (Å²) < 4.78 is 0. The van der Waals surface area contributed by atoms with E-state index in [9.17, 15) is 4.79 Å². The van der Waals surface area contributed by atoms with E-state index in [-0.39, 0.29) is 18.0 Å².